The Kier molecular flexibility index (Phi) is 5.73. The highest BCUT2D eigenvalue weighted by molar-refractivity contribution is 7.89. The normalized spacial score (nSPS) is 11.9. The fourth-order valence-electron chi connectivity index (χ4n) is 2.47. The van der Waals surface area contributed by atoms with Crippen molar-refractivity contribution < 1.29 is 17.6 Å². The largest absolute Gasteiger partial charge is 0.457 e. The summed E-state index contributed by atoms with van der Waals surface area (Å²) in [5, 5.41) is 3.59. The first-order valence-corrected chi connectivity index (χ1v) is 9.93. The van der Waals surface area contributed by atoms with Gasteiger partial charge in [-0.1, -0.05) is 35.9 Å². The molecule has 3 aromatic rings. The number of sulfonamides is 1. The Labute approximate surface area is 157 Å². The first-order chi connectivity index (χ1) is 12.9. The van der Waals surface area contributed by atoms with Gasteiger partial charge in [0.1, 0.15) is 11.3 Å². The number of carbonyl (C=O) groups is 1. The number of benzene rings is 2. The van der Waals surface area contributed by atoms with Crippen molar-refractivity contribution in [3.8, 4) is 0 Å². The highest BCUT2D eigenvalue weighted by atomic mass is 32.2. The van der Waals surface area contributed by atoms with Crippen LogP contribution in [0.3, 0.4) is 0 Å². The second kappa shape index (κ2) is 8.20. The van der Waals surface area contributed by atoms with Crippen molar-refractivity contribution in [2.75, 3.05) is 13.1 Å². The Balaban J connectivity index is 1.47. The van der Waals surface area contributed by atoms with E-state index in [0.29, 0.717) is 5.76 Å². The van der Waals surface area contributed by atoms with E-state index in [1.54, 1.807) is 30.3 Å². The van der Waals surface area contributed by atoms with Crippen LogP contribution in [0.25, 0.3) is 17.0 Å². The Morgan fingerprint density at radius 1 is 1.07 bits per heavy atom. The minimum atomic E-state index is -3.58. The number of nitrogens with one attached hydrogen (secondary N) is 2. The first-order valence-electron chi connectivity index (χ1n) is 8.45. The molecule has 0 spiro atoms. The maximum absolute atomic E-state index is 12.1. The second-order valence-corrected chi connectivity index (χ2v) is 7.79. The average Bonchev–Trinajstić information content (AvgIpc) is 3.07. The summed E-state index contributed by atoms with van der Waals surface area (Å²) in [6.07, 6.45) is 2.93. The van der Waals surface area contributed by atoms with Crippen molar-refractivity contribution in [2.45, 2.75) is 11.8 Å². The standard InChI is InChI=1S/C20H20N2O4S/c1-15-6-9-18(10-7-15)27(24,25)22-13-12-21-20(23)11-8-17-14-16-4-2-3-5-19(16)26-17/h2-11,14,22H,12-13H2,1H3,(H,21,23). The molecule has 0 saturated heterocycles. The van der Waals surface area contributed by atoms with Gasteiger partial charge in [0.05, 0.1) is 4.90 Å². The molecule has 2 aromatic carbocycles. The first kappa shape index (κ1) is 18.9. The smallest absolute Gasteiger partial charge is 0.244 e. The minimum absolute atomic E-state index is 0.0976. The lowest BCUT2D eigenvalue weighted by atomic mass is 10.2. The van der Waals surface area contributed by atoms with Gasteiger partial charge in [-0.05, 0) is 37.3 Å². The van der Waals surface area contributed by atoms with Gasteiger partial charge in [-0.3, -0.25) is 4.79 Å². The van der Waals surface area contributed by atoms with Gasteiger partial charge in [0.15, 0.2) is 0 Å². The summed E-state index contributed by atoms with van der Waals surface area (Å²) in [7, 11) is -3.58. The lowest BCUT2D eigenvalue weighted by molar-refractivity contribution is -0.116. The van der Waals surface area contributed by atoms with Crippen LogP contribution in [0.4, 0.5) is 0 Å². The van der Waals surface area contributed by atoms with E-state index in [-0.39, 0.29) is 23.9 Å². The van der Waals surface area contributed by atoms with E-state index in [1.165, 1.54) is 6.08 Å². The highest BCUT2D eigenvalue weighted by Crippen LogP contribution is 2.19. The van der Waals surface area contributed by atoms with Crippen LogP contribution in [0.2, 0.25) is 0 Å². The van der Waals surface area contributed by atoms with E-state index in [9.17, 15) is 13.2 Å². The van der Waals surface area contributed by atoms with Crippen LogP contribution in [0.15, 0.2) is 70.0 Å². The summed E-state index contributed by atoms with van der Waals surface area (Å²) in [4.78, 5) is 12.0. The second-order valence-electron chi connectivity index (χ2n) is 6.02. The zero-order valence-electron chi connectivity index (χ0n) is 14.8. The molecule has 1 amide bonds. The molecule has 140 valence electrons. The summed E-state index contributed by atoms with van der Waals surface area (Å²) in [5.41, 5.74) is 1.74. The minimum Gasteiger partial charge on any atom is -0.457 e. The number of amides is 1. The van der Waals surface area contributed by atoms with Gasteiger partial charge < -0.3 is 9.73 Å². The molecule has 0 radical (unpaired) electrons. The van der Waals surface area contributed by atoms with Gasteiger partial charge in [-0.25, -0.2) is 13.1 Å². The molecule has 0 unspecified atom stereocenters. The van der Waals surface area contributed by atoms with E-state index in [4.69, 9.17) is 4.42 Å². The summed E-state index contributed by atoms with van der Waals surface area (Å²) >= 11 is 0. The molecule has 0 saturated carbocycles. The molecule has 0 fully saturated rings. The van der Waals surface area contributed by atoms with Crippen molar-refractivity contribution in [2.24, 2.45) is 0 Å². The molecule has 1 aromatic heterocycles. The molecular formula is C20H20N2O4S. The SMILES string of the molecule is Cc1ccc(S(=O)(=O)NCCNC(=O)C=Cc2cc3ccccc3o2)cc1. The molecule has 0 aliphatic rings. The van der Waals surface area contributed by atoms with Crippen LogP contribution in [-0.4, -0.2) is 27.4 Å². The van der Waals surface area contributed by atoms with Gasteiger partial charge >= 0.3 is 0 Å². The summed E-state index contributed by atoms with van der Waals surface area (Å²) in [6.45, 7) is 2.16. The third kappa shape index (κ3) is 5.06. The van der Waals surface area contributed by atoms with Crippen molar-refractivity contribution >= 4 is 33.0 Å². The van der Waals surface area contributed by atoms with E-state index in [2.05, 4.69) is 10.0 Å². The van der Waals surface area contributed by atoms with Crippen LogP contribution < -0.4 is 10.0 Å². The number of aryl methyl sites for hydroxylation is 1. The molecule has 7 heteroatoms. The van der Waals surface area contributed by atoms with Gasteiger partial charge in [0.25, 0.3) is 0 Å². The van der Waals surface area contributed by atoms with Gasteiger partial charge in [0.2, 0.25) is 15.9 Å². The summed E-state index contributed by atoms with van der Waals surface area (Å²) < 4.78 is 32.3. The fraction of sp³-hybridized carbons (Fsp3) is 0.150. The van der Waals surface area contributed by atoms with Crippen LogP contribution >= 0.6 is 0 Å². The molecule has 3 rings (SSSR count). The van der Waals surface area contributed by atoms with Crippen LogP contribution in [0.5, 0.6) is 0 Å². The molecule has 0 atom stereocenters. The van der Waals surface area contributed by atoms with Crippen LogP contribution in [0, 0.1) is 6.92 Å². The number of hydrogen-bond donors (Lipinski definition) is 2. The number of fused-ring (bicyclic) bond motifs is 1. The van der Waals surface area contributed by atoms with Crippen molar-refractivity contribution in [3.63, 3.8) is 0 Å². The topological polar surface area (TPSA) is 88.4 Å². The molecule has 0 aliphatic heterocycles. The maximum atomic E-state index is 12.1. The number of para-hydroxylation sites is 1. The number of hydrogen-bond acceptors (Lipinski definition) is 4. The van der Waals surface area contributed by atoms with E-state index in [0.717, 1.165) is 16.5 Å². The van der Waals surface area contributed by atoms with Gasteiger partial charge in [-0.15, -0.1) is 0 Å². The van der Waals surface area contributed by atoms with Crippen LogP contribution in [0.1, 0.15) is 11.3 Å². The van der Waals surface area contributed by atoms with E-state index < -0.39 is 10.0 Å². The Hall–Kier alpha value is -2.90. The maximum Gasteiger partial charge on any atom is 0.244 e. The molecular weight excluding hydrogens is 364 g/mol. The average molecular weight is 384 g/mol. The Bertz CT molecular complexity index is 1030. The predicted octanol–water partition coefficient (Wildman–Crippen LogP) is 2.85. The lowest BCUT2D eigenvalue weighted by Crippen LogP contribution is -2.34. The van der Waals surface area contributed by atoms with E-state index in [1.807, 2.05) is 37.3 Å². The van der Waals surface area contributed by atoms with Crippen LogP contribution in [-0.2, 0) is 14.8 Å². The molecule has 2 N–H and O–H groups in total. The van der Waals surface area contributed by atoms with Crippen molar-refractivity contribution in [1.82, 2.24) is 10.0 Å². The van der Waals surface area contributed by atoms with Gasteiger partial charge in [0, 0.05) is 24.6 Å². The molecule has 0 bridgehead atoms. The number of rotatable bonds is 7. The molecule has 0 aliphatic carbocycles. The highest BCUT2D eigenvalue weighted by Gasteiger charge is 2.12. The Morgan fingerprint density at radius 2 is 1.81 bits per heavy atom. The molecule has 1 heterocycles. The monoisotopic (exact) mass is 384 g/mol. The summed E-state index contributed by atoms with van der Waals surface area (Å²) in [5.74, 6) is 0.247. The number of carbonyl (C=O) groups excluding carboxylic acids is 1. The zero-order chi connectivity index (χ0) is 19.3. The lowest BCUT2D eigenvalue weighted by Gasteiger charge is -2.07. The quantitative estimate of drug-likeness (QED) is 0.484. The number of furan rings is 1. The predicted molar refractivity (Wildman–Crippen MR) is 105 cm³/mol. The van der Waals surface area contributed by atoms with E-state index >= 15 is 0 Å². The zero-order valence-corrected chi connectivity index (χ0v) is 15.6. The molecule has 27 heavy (non-hydrogen) atoms. The van der Waals surface area contributed by atoms with Gasteiger partial charge in [-0.2, -0.15) is 0 Å². The van der Waals surface area contributed by atoms with Crippen molar-refractivity contribution in [1.29, 1.82) is 0 Å². The van der Waals surface area contributed by atoms with Crippen molar-refractivity contribution in [3.05, 3.63) is 72.0 Å². The Morgan fingerprint density at radius 3 is 2.56 bits per heavy atom. The fourth-order valence-corrected chi connectivity index (χ4v) is 3.50. The third-order valence-corrected chi connectivity index (χ3v) is 5.37. The molecule has 6 nitrogen and oxygen atoms in total. The third-order valence-electron chi connectivity index (χ3n) is 3.89. The summed E-state index contributed by atoms with van der Waals surface area (Å²) in [6, 6.07) is 16.0.